The molecule has 0 unspecified atom stereocenters. The molecule has 4 rings (SSSR count). The van der Waals surface area contributed by atoms with Crippen molar-refractivity contribution in [2.75, 3.05) is 26.1 Å². The number of anilines is 1. The summed E-state index contributed by atoms with van der Waals surface area (Å²) in [6.07, 6.45) is 0. The van der Waals surface area contributed by atoms with Crippen LogP contribution in [0.1, 0.15) is 36.6 Å². The van der Waals surface area contributed by atoms with E-state index in [1.165, 1.54) is 32.4 Å². The van der Waals surface area contributed by atoms with Crippen LogP contribution in [-0.4, -0.2) is 49.4 Å². The maximum absolute atomic E-state index is 12.8. The summed E-state index contributed by atoms with van der Waals surface area (Å²) in [6.45, 7) is -0.430. The summed E-state index contributed by atoms with van der Waals surface area (Å²) < 4.78 is 15.4. The van der Waals surface area contributed by atoms with Crippen LogP contribution in [0.2, 0.25) is 0 Å². The highest BCUT2D eigenvalue weighted by Gasteiger charge is 2.36. The van der Waals surface area contributed by atoms with Crippen LogP contribution in [0.25, 0.3) is 0 Å². The van der Waals surface area contributed by atoms with Crippen molar-refractivity contribution in [3.63, 3.8) is 0 Å². The summed E-state index contributed by atoms with van der Waals surface area (Å²) in [4.78, 5) is 51.5. The van der Waals surface area contributed by atoms with Crippen LogP contribution in [0.5, 0.6) is 11.5 Å². The number of imide groups is 1. The predicted molar refractivity (Wildman–Crippen MR) is 126 cm³/mol. The first-order chi connectivity index (χ1) is 16.9. The van der Waals surface area contributed by atoms with Crippen LogP contribution in [-0.2, 0) is 16.1 Å². The molecule has 9 nitrogen and oxygen atoms in total. The number of hydrogen-bond acceptors (Lipinski definition) is 7. The van der Waals surface area contributed by atoms with Gasteiger partial charge in [-0.05, 0) is 35.9 Å². The lowest BCUT2D eigenvalue weighted by atomic mass is 10.1. The molecule has 178 valence electrons. The first kappa shape index (κ1) is 23.5. The van der Waals surface area contributed by atoms with Gasteiger partial charge in [0.25, 0.3) is 17.7 Å². The zero-order valence-corrected chi connectivity index (χ0v) is 19.1. The minimum Gasteiger partial charge on any atom is -0.497 e. The van der Waals surface area contributed by atoms with Crippen molar-refractivity contribution in [2.24, 2.45) is 0 Å². The number of nitrogens with zero attached hydrogens (tertiary/aromatic N) is 1. The van der Waals surface area contributed by atoms with E-state index in [0.29, 0.717) is 17.2 Å². The van der Waals surface area contributed by atoms with Crippen molar-refractivity contribution in [2.45, 2.75) is 6.54 Å². The number of methoxy groups -OCH3 is 2. The summed E-state index contributed by atoms with van der Waals surface area (Å²) >= 11 is 0. The topological polar surface area (TPSA) is 111 Å². The molecule has 0 radical (unpaired) electrons. The largest absolute Gasteiger partial charge is 0.497 e. The van der Waals surface area contributed by atoms with Crippen molar-refractivity contribution < 1.29 is 33.4 Å². The van der Waals surface area contributed by atoms with Crippen molar-refractivity contribution >= 4 is 29.4 Å². The van der Waals surface area contributed by atoms with Crippen LogP contribution in [0, 0.1) is 0 Å². The van der Waals surface area contributed by atoms with E-state index in [-0.39, 0.29) is 23.2 Å². The molecule has 3 aromatic carbocycles. The van der Waals surface area contributed by atoms with E-state index in [9.17, 15) is 19.2 Å². The Morgan fingerprint density at radius 3 is 2.31 bits per heavy atom. The predicted octanol–water partition coefficient (Wildman–Crippen LogP) is 3.30. The SMILES string of the molecule is COc1ccc(NC(=O)COC(=O)c2ccc3c(c2)C(=O)N(Cc2ccccc2)C3=O)c(OC)c1. The summed E-state index contributed by atoms with van der Waals surface area (Å²) in [5, 5.41) is 2.60. The zero-order valence-electron chi connectivity index (χ0n) is 19.1. The van der Waals surface area contributed by atoms with Crippen molar-refractivity contribution in [1.82, 2.24) is 4.90 Å². The minimum atomic E-state index is -0.800. The Kier molecular flexibility index (Phi) is 6.77. The highest BCUT2D eigenvalue weighted by atomic mass is 16.5. The van der Waals surface area contributed by atoms with Crippen LogP contribution in [0.4, 0.5) is 5.69 Å². The number of carbonyl (C=O) groups excluding carboxylic acids is 4. The van der Waals surface area contributed by atoms with E-state index >= 15 is 0 Å². The maximum Gasteiger partial charge on any atom is 0.338 e. The Bertz CT molecular complexity index is 1300. The van der Waals surface area contributed by atoms with E-state index in [1.54, 1.807) is 18.2 Å². The Labute approximate surface area is 201 Å². The number of esters is 1. The fourth-order valence-electron chi connectivity index (χ4n) is 3.63. The van der Waals surface area contributed by atoms with Crippen molar-refractivity contribution in [3.8, 4) is 11.5 Å². The Morgan fingerprint density at radius 2 is 1.60 bits per heavy atom. The molecule has 0 fully saturated rings. The second-order valence-electron chi connectivity index (χ2n) is 7.63. The fraction of sp³-hybridized carbons (Fsp3) is 0.154. The monoisotopic (exact) mass is 474 g/mol. The molecule has 3 amide bonds. The highest BCUT2D eigenvalue weighted by molar-refractivity contribution is 6.21. The van der Waals surface area contributed by atoms with Crippen LogP contribution in [0.3, 0.4) is 0 Å². The van der Waals surface area contributed by atoms with Crippen LogP contribution in [0.15, 0.2) is 66.7 Å². The lowest BCUT2D eigenvalue weighted by molar-refractivity contribution is -0.119. The van der Waals surface area contributed by atoms with Crippen molar-refractivity contribution in [3.05, 3.63) is 89.0 Å². The van der Waals surface area contributed by atoms with Crippen LogP contribution < -0.4 is 14.8 Å². The Hall–Kier alpha value is -4.66. The van der Waals surface area contributed by atoms with E-state index in [0.717, 1.165) is 10.5 Å². The van der Waals surface area contributed by atoms with Gasteiger partial charge in [0.1, 0.15) is 11.5 Å². The molecule has 1 N–H and O–H groups in total. The Morgan fingerprint density at radius 1 is 0.857 bits per heavy atom. The smallest absolute Gasteiger partial charge is 0.338 e. The molecule has 0 spiro atoms. The molecule has 0 atom stereocenters. The average molecular weight is 474 g/mol. The van der Waals surface area contributed by atoms with Gasteiger partial charge in [0, 0.05) is 6.07 Å². The molecular weight excluding hydrogens is 452 g/mol. The normalized spacial score (nSPS) is 12.2. The van der Waals surface area contributed by atoms with Gasteiger partial charge in [0.2, 0.25) is 0 Å². The molecule has 1 heterocycles. The molecule has 1 aliphatic rings. The molecular formula is C26H22N2O7. The number of hydrogen-bond donors (Lipinski definition) is 1. The van der Waals surface area contributed by atoms with Gasteiger partial charge in [-0.2, -0.15) is 0 Å². The molecule has 9 heteroatoms. The second kappa shape index (κ2) is 10.1. The first-order valence-electron chi connectivity index (χ1n) is 10.6. The minimum absolute atomic E-state index is 0.0567. The zero-order chi connectivity index (χ0) is 24.9. The summed E-state index contributed by atoms with van der Waals surface area (Å²) in [5.41, 5.74) is 1.58. The lowest BCUT2D eigenvalue weighted by Crippen LogP contribution is -2.29. The first-order valence-corrected chi connectivity index (χ1v) is 10.6. The van der Waals surface area contributed by atoms with Gasteiger partial charge in [-0.15, -0.1) is 0 Å². The maximum atomic E-state index is 12.8. The quantitative estimate of drug-likeness (QED) is 0.394. The third-order valence-electron chi connectivity index (χ3n) is 5.41. The highest BCUT2D eigenvalue weighted by Crippen LogP contribution is 2.29. The van der Waals surface area contributed by atoms with Gasteiger partial charge in [-0.1, -0.05) is 30.3 Å². The molecule has 35 heavy (non-hydrogen) atoms. The van der Waals surface area contributed by atoms with Crippen molar-refractivity contribution in [1.29, 1.82) is 0 Å². The van der Waals surface area contributed by atoms with Gasteiger partial charge in [-0.25, -0.2) is 4.79 Å². The molecule has 1 aliphatic heterocycles. The van der Waals surface area contributed by atoms with Gasteiger partial charge < -0.3 is 19.5 Å². The number of benzene rings is 3. The van der Waals surface area contributed by atoms with E-state index < -0.39 is 30.3 Å². The molecule has 3 aromatic rings. The molecule has 0 aromatic heterocycles. The summed E-state index contributed by atoms with van der Waals surface area (Å²) in [7, 11) is 2.96. The van der Waals surface area contributed by atoms with Gasteiger partial charge in [0.05, 0.1) is 43.1 Å². The Balaban J connectivity index is 1.40. The number of amides is 3. The molecule has 0 saturated heterocycles. The average Bonchev–Trinajstić information content (AvgIpc) is 3.12. The van der Waals surface area contributed by atoms with E-state index in [4.69, 9.17) is 14.2 Å². The van der Waals surface area contributed by atoms with Gasteiger partial charge >= 0.3 is 5.97 Å². The number of rotatable bonds is 8. The van der Waals surface area contributed by atoms with E-state index in [2.05, 4.69) is 5.32 Å². The fourth-order valence-corrected chi connectivity index (χ4v) is 3.63. The summed E-state index contributed by atoms with van der Waals surface area (Å²) in [5.74, 6) is -1.37. The third kappa shape index (κ3) is 4.98. The van der Waals surface area contributed by atoms with E-state index in [1.807, 2.05) is 30.3 Å². The summed E-state index contributed by atoms with van der Waals surface area (Å²) in [6, 6.07) is 18.1. The van der Waals surface area contributed by atoms with Gasteiger partial charge in [-0.3, -0.25) is 19.3 Å². The number of carbonyl (C=O) groups is 4. The lowest BCUT2D eigenvalue weighted by Gasteiger charge is -2.13. The molecule has 0 saturated carbocycles. The van der Waals surface area contributed by atoms with Crippen LogP contribution >= 0.6 is 0 Å². The van der Waals surface area contributed by atoms with Gasteiger partial charge in [0.15, 0.2) is 6.61 Å². The number of fused-ring (bicyclic) bond motifs is 1. The molecule has 0 bridgehead atoms. The number of ether oxygens (including phenoxy) is 3. The number of nitrogens with one attached hydrogen (secondary N) is 1. The second-order valence-corrected chi connectivity index (χ2v) is 7.63. The third-order valence-corrected chi connectivity index (χ3v) is 5.41. The standard InChI is InChI=1S/C26H22N2O7/c1-33-18-9-11-21(22(13-18)34-2)27-23(29)15-35-26(32)17-8-10-19-20(12-17)25(31)28(24(19)30)14-16-6-4-3-5-7-16/h3-13H,14-15H2,1-2H3,(H,27,29). The molecule has 0 aliphatic carbocycles.